The maximum atomic E-state index is 13.2. The normalized spacial score (nSPS) is 11.8. The molecule has 0 aliphatic rings. The number of anilines is 2. The Hall–Kier alpha value is -3.54. The highest BCUT2D eigenvalue weighted by Crippen LogP contribution is 2.35. The minimum Gasteiger partial charge on any atom is -0.495 e. The summed E-state index contributed by atoms with van der Waals surface area (Å²) < 4.78 is 74.0. The van der Waals surface area contributed by atoms with Gasteiger partial charge in [0.1, 0.15) is 5.75 Å². The topological polar surface area (TPSA) is 102 Å². The lowest BCUT2D eigenvalue weighted by Gasteiger charge is -2.16. The number of amides is 1. The Morgan fingerprint density at radius 3 is 2.45 bits per heavy atom. The quantitative estimate of drug-likeness (QED) is 0.592. The van der Waals surface area contributed by atoms with Crippen molar-refractivity contribution in [2.75, 3.05) is 17.1 Å². The van der Waals surface area contributed by atoms with E-state index in [0.717, 1.165) is 18.2 Å². The molecule has 0 aliphatic heterocycles. The Kier molecular flexibility index (Phi) is 5.93. The van der Waals surface area contributed by atoms with E-state index >= 15 is 0 Å². The first-order valence-electron chi connectivity index (χ1n) is 8.71. The molecule has 0 fully saturated rings. The fraction of sp³-hybridized carbons (Fsp3) is 0.158. The molecule has 1 amide bonds. The van der Waals surface area contributed by atoms with Crippen molar-refractivity contribution < 1.29 is 31.1 Å². The SMILES string of the molecule is COc1ccc(S(=O)(=O)Nc2cc(C(F)(F)F)ccc2-n2cccn2)cc1NC(C)=O. The molecule has 0 saturated carbocycles. The van der Waals surface area contributed by atoms with E-state index in [2.05, 4.69) is 15.1 Å². The molecule has 8 nitrogen and oxygen atoms in total. The zero-order valence-electron chi connectivity index (χ0n) is 16.3. The average molecular weight is 454 g/mol. The number of aromatic nitrogens is 2. The summed E-state index contributed by atoms with van der Waals surface area (Å²) in [6, 6.07) is 7.84. The van der Waals surface area contributed by atoms with Crippen molar-refractivity contribution in [3.8, 4) is 11.4 Å². The molecule has 3 aromatic rings. The first kappa shape index (κ1) is 22.2. The standard InChI is InChI=1S/C19H17F3N4O4S/c1-12(27)24-16-11-14(5-7-18(16)30-2)31(28,29)25-15-10-13(19(20,21)22)4-6-17(15)26-9-3-8-23-26/h3-11,25H,1-2H3,(H,24,27). The first-order valence-corrected chi connectivity index (χ1v) is 10.2. The number of nitrogens with zero attached hydrogens (tertiary/aromatic N) is 2. The summed E-state index contributed by atoms with van der Waals surface area (Å²) >= 11 is 0. The number of nitrogens with one attached hydrogen (secondary N) is 2. The molecule has 31 heavy (non-hydrogen) atoms. The van der Waals surface area contributed by atoms with Gasteiger partial charge in [-0.3, -0.25) is 9.52 Å². The zero-order valence-corrected chi connectivity index (χ0v) is 17.1. The predicted molar refractivity (Wildman–Crippen MR) is 107 cm³/mol. The lowest BCUT2D eigenvalue weighted by molar-refractivity contribution is -0.137. The van der Waals surface area contributed by atoms with Gasteiger partial charge in [0.15, 0.2) is 0 Å². The number of carbonyl (C=O) groups excluding carboxylic acids is 1. The molecule has 12 heteroatoms. The Labute approximate surface area is 175 Å². The van der Waals surface area contributed by atoms with Crippen LogP contribution in [0.5, 0.6) is 5.75 Å². The highest BCUT2D eigenvalue weighted by molar-refractivity contribution is 7.92. The van der Waals surface area contributed by atoms with Gasteiger partial charge in [-0.2, -0.15) is 18.3 Å². The second-order valence-electron chi connectivity index (χ2n) is 6.33. The fourth-order valence-electron chi connectivity index (χ4n) is 2.75. The van der Waals surface area contributed by atoms with Gasteiger partial charge in [-0.1, -0.05) is 0 Å². The van der Waals surface area contributed by atoms with Crippen LogP contribution in [0, 0.1) is 0 Å². The molecule has 0 atom stereocenters. The van der Waals surface area contributed by atoms with Crippen LogP contribution in [0.2, 0.25) is 0 Å². The molecule has 164 valence electrons. The van der Waals surface area contributed by atoms with Crippen LogP contribution in [-0.4, -0.2) is 31.2 Å². The summed E-state index contributed by atoms with van der Waals surface area (Å²) in [5, 5.41) is 6.39. The van der Waals surface area contributed by atoms with Gasteiger partial charge < -0.3 is 10.1 Å². The van der Waals surface area contributed by atoms with Gasteiger partial charge in [-0.05, 0) is 42.5 Å². The lowest BCUT2D eigenvalue weighted by Crippen LogP contribution is -2.17. The number of hydrogen-bond acceptors (Lipinski definition) is 5. The first-order chi connectivity index (χ1) is 14.5. The highest BCUT2D eigenvalue weighted by Gasteiger charge is 2.32. The van der Waals surface area contributed by atoms with Crippen LogP contribution >= 0.6 is 0 Å². The van der Waals surface area contributed by atoms with Crippen LogP contribution in [0.4, 0.5) is 24.5 Å². The van der Waals surface area contributed by atoms with E-state index in [0.29, 0.717) is 6.07 Å². The third kappa shape index (κ3) is 4.97. The van der Waals surface area contributed by atoms with Crippen LogP contribution < -0.4 is 14.8 Å². The molecular formula is C19H17F3N4O4S. The molecule has 0 radical (unpaired) electrons. The molecule has 2 aromatic carbocycles. The molecule has 1 heterocycles. The number of alkyl halides is 3. The summed E-state index contributed by atoms with van der Waals surface area (Å²) in [5.74, 6) is -0.245. The Morgan fingerprint density at radius 1 is 1.13 bits per heavy atom. The van der Waals surface area contributed by atoms with E-state index in [9.17, 15) is 26.4 Å². The van der Waals surface area contributed by atoms with E-state index < -0.39 is 27.7 Å². The van der Waals surface area contributed by atoms with E-state index in [1.54, 1.807) is 6.07 Å². The summed E-state index contributed by atoms with van der Waals surface area (Å²) in [6.45, 7) is 1.23. The smallest absolute Gasteiger partial charge is 0.416 e. The molecular weight excluding hydrogens is 437 g/mol. The second-order valence-corrected chi connectivity index (χ2v) is 8.01. The average Bonchev–Trinajstić information content (AvgIpc) is 3.21. The van der Waals surface area contributed by atoms with E-state index in [1.807, 2.05) is 0 Å². The zero-order chi connectivity index (χ0) is 22.8. The number of rotatable bonds is 6. The molecule has 0 spiro atoms. The second kappa shape index (κ2) is 8.30. The van der Waals surface area contributed by atoms with Crippen LogP contribution in [0.25, 0.3) is 5.69 Å². The number of hydrogen-bond donors (Lipinski definition) is 2. The summed E-state index contributed by atoms with van der Waals surface area (Å²) in [4.78, 5) is 11.1. The van der Waals surface area contributed by atoms with Gasteiger partial charge in [0, 0.05) is 19.3 Å². The number of ether oxygens (including phenoxy) is 1. The van der Waals surface area contributed by atoms with E-state index in [1.165, 1.54) is 43.2 Å². The minimum atomic E-state index is -4.68. The van der Waals surface area contributed by atoms with Crippen molar-refractivity contribution in [2.24, 2.45) is 0 Å². The number of benzene rings is 2. The minimum absolute atomic E-state index is 0.0919. The van der Waals surface area contributed by atoms with Gasteiger partial charge in [-0.25, -0.2) is 13.1 Å². The third-order valence-corrected chi connectivity index (χ3v) is 5.47. The third-order valence-electron chi connectivity index (χ3n) is 4.11. The van der Waals surface area contributed by atoms with Crippen LogP contribution in [-0.2, 0) is 21.0 Å². The molecule has 0 saturated heterocycles. The maximum absolute atomic E-state index is 13.2. The van der Waals surface area contributed by atoms with E-state index in [-0.39, 0.29) is 27.7 Å². The molecule has 0 unspecified atom stereocenters. The predicted octanol–water partition coefficient (Wildman–Crippen LogP) is 3.66. The van der Waals surface area contributed by atoms with Crippen molar-refractivity contribution >= 4 is 27.3 Å². The van der Waals surface area contributed by atoms with Crippen molar-refractivity contribution in [3.05, 3.63) is 60.4 Å². The largest absolute Gasteiger partial charge is 0.495 e. The number of halogens is 3. The number of carbonyl (C=O) groups is 1. The number of sulfonamides is 1. The fourth-order valence-corrected chi connectivity index (χ4v) is 3.84. The number of methoxy groups -OCH3 is 1. The van der Waals surface area contributed by atoms with Crippen molar-refractivity contribution in [1.82, 2.24) is 9.78 Å². The lowest BCUT2D eigenvalue weighted by atomic mass is 10.1. The molecule has 2 N–H and O–H groups in total. The van der Waals surface area contributed by atoms with Gasteiger partial charge in [-0.15, -0.1) is 0 Å². The summed E-state index contributed by atoms with van der Waals surface area (Å²) in [6.07, 6.45) is -1.82. The Bertz CT molecular complexity index is 1210. The Morgan fingerprint density at radius 2 is 1.87 bits per heavy atom. The summed E-state index contributed by atoms with van der Waals surface area (Å²) in [7, 11) is -3.00. The molecule has 0 bridgehead atoms. The van der Waals surface area contributed by atoms with Gasteiger partial charge in [0.2, 0.25) is 5.91 Å². The van der Waals surface area contributed by atoms with Crippen LogP contribution in [0.15, 0.2) is 59.8 Å². The van der Waals surface area contributed by atoms with Crippen LogP contribution in [0.3, 0.4) is 0 Å². The van der Waals surface area contributed by atoms with Gasteiger partial charge in [0.05, 0.1) is 34.6 Å². The van der Waals surface area contributed by atoms with Crippen LogP contribution in [0.1, 0.15) is 12.5 Å². The highest BCUT2D eigenvalue weighted by atomic mass is 32.2. The monoisotopic (exact) mass is 454 g/mol. The van der Waals surface area contributed by atoms with Crippen molar-refractivity contribution in [3.63, 3.8) is 0 Å². The molecule has 3 rings (SSSR count). The van der Waals surface area contributed by atoms with Gasteiger partial charge >= 0.3 is 6.18 Å². The van der Waals surface area contributed by atoms with E-state index in [4.69, 9.17) is 4.74 Å². The van der Waals surface area contributed by atoms with Crippen molar-refractivity contribution in [1.29, 1.82) is 0 Å². The van der Waals surface area contributed by atoms with Gasteiger partial charge in [0.25, 0.3) is 10.0 Å². The maximum Gasteiger partial charge on any atom is 0.416 e. The van der Waals surface area contributed by atoms with Crippen molar-refractivity contribution in [2.45, 2.75) is 18.0 Å². The molecule has 0 aliphatic carbocycles. The molecule has 1 aromatic heterocycles. The summed E-state index contributed by atoms with van der Waals surface area (Å²) in [5.41, 5.74) is -1.17. The Balaban J connectivity index is 2.07.